The molecule has 16 heavy (non-hydrogen) atoms. The highest BCUT2D eigenvalue weighted by molar-refractivity contribution is 7.55. The molecule has 0 unspecified atom stereocenters. The zero-order valence-corrected chi connectivity index (χ0v) is 9.33. The standard InChI is InChI=1S/C9H11F3NO2P/c1-16(13,14)15-8(9(10,11)12)7-5-3-2-4-6-7/h2-6,8H,1H3,(H2,13,14)/t8-,16-/m0/s1. The van der Waals surface area contributed by atoms with Crippen molar-refractivity contribution in [1.82, 2.24) is 0 Å². The highest BCUT2D eigenvalue weighted by Gasteiger charge is 2.44. The van der Waals surface area contributed by atoms with Gasteiger partial charge in [-0.05, 0) is 5.56 Å². The summed E-state index contributed by atoms with van der Waals surface area (Å²) in [5.41, 5.74) is 4.88. The lowest BCUT2D eigenvalue weighted by Gasteiger charge is -2.22. The third-order valence-electron chi connectivity index (χ3n) is 1.71. The van der Waals surface area contributed by atoms with E-state index in [1.807, 2.05) is 0 Å². The van der Waals surface area contributed by atoms with E-state index in [1.54, 1.807) is 6.07 Å². The zero-order valence-electron chi connectivity index (χ0n) is 8.44. The first-order chi connectivity index (χ1) is 7.20. The molecular formula is C9H11F3NO2P. The summed E-state index contributed by atoms with van der Waals surface area (Å²) in [5.74, 6) is 0. The van der Waals surface area contributed by atoms with Crippen molar-refractivity contribution >= 4 is 7.52 Å². The Morgan fingerprint density at radius 1 is 1.31 bits per heavy atom. The number of halogens is 3. The van der Waals surface area contributed by atoms with E-state index in [2.05, 4.69) is 4.52 Å². The maximum Gasteiger partial charge on any atom is 0.419 e. The molecule has 0 amide bonds. The number of hydrogen-bond acceptors (Lipinski definition) is 2. The molecule has 0 aromatic heterocycles. The van der Waals surface area contributed by atoms with Gasteiger partial charge in [0.15, 0.2) is 6.10 Å². The van der Waals surface area contributed by atoms with Crippen LogP contribution in [0, 0.1) is 0 Å². The van der Waals surface area contributed by atoms with Crippen molar-refractivity contribution in [3.05, 3.63) is 35.9 Å². The van der Waals surface area contributed by atoms with Crippen LogP contribution in [-0.2, 0) is 9.09 Å². The summed E-state index contributed by atoms with van der Waals surface area (Å²) in [7, 11) is -3.70. The molecule has 0 aliphatic heterocycles. The molecule has 1 aromatic carbocycles. The third-order valence-corrected chi connectivity index (χ3v) is 2.34. The predicted molar refractivity (Wildman–Crippen MR) is 54.0 cm³/mol. The quantitative estimate of drug-likeness (QED) is 0.842. The van der Waals surface area contributed by atoms with Crippen molar-refractivity contribution in [2.75, 3.05) is 6.66 Å². The second kappa shape index (κ2) is 4.57. The second-order valence-electron chi connectivity index (χ2n) is 3.35. The fraction of sp³-hybridized carbons (Fsp3) is 0.333. The number of hydrogen-bond donors (Lipinski definition) is 1. The van der Waals surface area contributed by atoms with Crippen LogP contribution in [0.3, 0.4) is 0 Å². The maximum atomic E-state index is 12.6. The van der Waals surface area contributed by atoms with Gasteiger partial charge in [-0.15, -0.1) is 0 Å². The highest BCUT2D eigenvalue weighted by Crippen LogP contribution is 2.46. The Hall–Kier alpha value is -0.840. The molecule has 0 bridgehead atoms. The topological polar surface area (TPSA) is 52.3 Å². The van der Waals surface area contributed by atoms with Gasteiger partial charge < -0.3 is 4.52 Å². The van der Waals surface area contributed by atoms with E-state index >= 15 is 0 Å². The molecule has 1 rings (SSSR count). The molecule has 0 saturated heterocycles. The lowest BCUT2D eigenvalue weighted by atomic mass is 10.1. The van der Waals surface area contributed by atoms with Gasteiger partial charge in [0.1, 0.15) is 0 Å². The third kappa shape index (κ3) is 3.96. The zero-order chi connectivity index (χ0) is 12.4. The van der Waals surface area contributed by atoms with Gasteiger partial charge in [-0.2, -0.15) is 13.2 Å². The first kappa shape index (κ1) is 13.2. The van der Waals surface area contributed by atoms with Crippen LogP contribution in [0.25, 0.3) is 0 Å². The number of nitrogens with two attached hydrogens (primary N) is 1. The van der Waals surface area contributed by atoms with Crippen LogP contribution in [0.5, 0.6) is 0 Å². The first-order valence-electron chi connectivity index (χ1n) is 4.36. The molecule has 2 atom stereocenters. The summed E-state index contributed by atoms with van der Waals surface area (Å²) >= 11 is 0. The first-order valence-corrected chi connectivity index (χ1v) is 6.50. The Labute approximate surface area is 90.9 Å². The molecule has 3 nitrogen and oxygen atoms in total. The van der Waals surface area contributed by atoms with E-state index in [4.69, 9.17) is 5.50 Å². The van der Waals surface area contributed by atoms with Gasteiger partial charge in [0.05, 0.1) is 0 Å². The largest absolute Gasteiger partial charge is 0.419 e. The molecule has 0 saturated carbocycles. The fourth-order valence-electron chi connectivity index (χ4n) is 1.15. The number of rotatable bonds is 3. The monoisotopic (exact) mass is 253 g/mol. The number of alkyl halides is 3. The summed E-state index contributed by atoms with van der Waals surface area (Å²) in [6.07, 6.45) is -6.90. The van der Waals surface area contributed by atoms with Gasteiger partial charge >= 0.3 is 6.18 Å². The van der Waals surface area contributed by atoms with E-state index in [1.165, 1.54) is 24.3 Å². The second-order valence-corrected chi connectivity index (χ2v) is 5.37. The van der Waals surface area contributed by atoms with Gasteiger partial charge in [-0.1, -0.05) is 30.3 Å². The van der Waals surface area contributed by atoms with Gasteiger partial charge in [-0.25, -0.2) is 0 Å². The van der Waals surface area contributed by atoms with Crippen LogP contribution >= 0.6 is 7.52 Å². The molecule has 90 valence electrons. The smallest absolute Gasteiger partial charge is 0.300 e. The molecule has 1 aromatic rings. The molecule has 0 aliphatic rings. The van der Waals surface area contributed by atoms with Crippen LogP contribution < -0.4 is 5.50 Å². The lowest BCUT2D eigenvalue weighted by Crippen LogP contribution is -2.23. The van der Waals surface area contributed by atoms with E-state index in [0.717, 1.165) is 6.66 Å². The molecule has 0 spiro atoms. The van der Waals surface area contributed by atoms with Gasteiger partial charge in [0, 0.05) is 6.66 Å². The Balaban J connectivity index is 3.03. The van der Waals surface area contributed by atoms with Crippen LogP contribution in [0.1, 0.15) is 11.7 Å². The van der Waals surface area contributed by atoms with Crippen molar-refractivity contribution < 1.29 is 22.3 Å². The summed E-state index contributed by atoms with van der Waals surface area (Å²) in [6.45, 7) is 0.939. The van der Waals surface area contributed by atoms with Crippen molar-refractivity contribution in [3.63, 3.8) is 0 Å². The van der Waals surface area contributed by atoms with E-state index in [0.29, 0.717) is 0 Å². The van der Waals surface area contributed by atoms with E-state index in [9.17, 15) is 17.7 Å². The number of benzene rings is 1. The Kier molecular flexibility index (Phi) is 3.78. The van der Waals surface area contributed by atoms with Crippen LogP contribution in [0.15, 0.2) is 30.3 Å². The summed E-state index contributed by atoms with van der Waals surface area (Å²) < 4.78 is 53.4. The fourth-order valence-corrected chi connectivity index (χ4v) is 1.81. The van der Waals surface area contributed by atoms with Crippen LogP contribution in [0.4, 0.5) is 13.2 Å². The average Bonchev–Trinajstić information content (AvgIpc) is 2.13. The molecule has 0 aliphatic carbocycles. The SMILES string of the molecule is C[P@](N)(=O)O[C@@H](c1ccccc1)C(F)(F)F. The van der Waals surface area contributed by atoms with Crippen molar-refractivity contribution in [2.45, 2.75) is 12.3 Å². The average molecular weight is 253 g/mol. The Bertz CT molecular complexity index is 387. The molecule has 0 heterocycles. The lowest BCUT2D eigenvalue weighted by molar-refractivity contribution is -0.197. The summed E-state index contributed by atoms with van der Waals surface area (Å²) in [6, 6.07) is 6.94. The molecule has 7 heteroatoms. The van der Waals surface area contributed by atoms with Gasteiger partial charge in [0.25, 0.3) is 7.52 Å². The Morgan fingerprint density at radius 3 is 2.19 bits per heavy atom. The maximum absolute atomic E-state index is 12.6. The minimum atomic E-state index is -4.65. The van der Waals surface area contributed by atoms with E-state index in [-0.39, 0.29) is 5.56 Å². The predicted octanol–water partition coefficient (Wildman–Crippen LogP) is 3.09. The van der Waals surface area contributed by atoms with Crippen molar-refractivity contribution in [3.8, 4) is 0 Å². The minimum absolute atomic E-state index is 0.123. The normalized spacial score (nSPS) is 17.8. The minimum Gasteiger partial charge on any atom is -0.300 e. The molecule has 2 N–H and O–H groups in total. The molecule has 0 fully saturated rings. The van der Waals surface area contributed by atoms with Gasteiger partial charge in [0.2, 0.25) is 0 Å². The molecular weight excluding hydrogens is 242 g/mol. The van der Waals surface area contributed by atoms with E-state index < -0.39 is 19.8 Å². The van der Waals surface area contributed by atoms with Gasteiger partial charge in [-0.3, -0.25) is 10.1 Å². The highest BCUT2D eigenvalue weighted by atomic mass is 31.2. The van der Waals surface area contributed by atoms with Crippen LogP contribution in [0.2, 0.25) is 0 Å². The van der Waals surface area contributed by atoms with Crippen LogP contribution in [-0.4, -0.2) is 12.8 Å². The van der Waals surface area contributed by atoms with Crippen molar-refractivity contribution in [1.29, 1.82) is 0 Å². The molecule has 0 radical (unpaired) electrons. The summed E-state index contributed by atoms with van der Waals surface area (Å²) in [4.78, 5) is 0. The Morgan fingerprint density at radius 2 is 1.81 bits per heavy atom. The van der Waals surface area contributed by atoms with Crippen molar-refractivity contribution in [2.24, 2.45) is 5.50 Å². The summed E-state index contributed by atoms with van der Waals surface area (Å²) in [5, 5.41) is 0.